The van der Waals surface area contributed by atoms with E-state index >= 15 is 0 Å². The predicted octanol–water partition coefficient (Wildman–Crippen LogP) is 3.83. The van der Waals surface area contributed by atoms with E-state index in [0.717, 1.165) is 12.5 Å². The van der Waals surface area contributed by atoms with Gasteiger partial charge in [-0.1, -0.05) is 18.2 Å². The summed E-state index contributed by atoms with van der Waals surface area (Å²) >= 11 is 0. The van der Waals surface area contributed by atoms with Crippen molar-refractivity contribution in [1.29, 1.82) is 0 Å². The van der Waals surface area contributed by atoms with Crippen molar-refractivity contribution in [2.75, 3.05) is 11.4 Å². The van der Waals surface area contributed by atoms with Crippen LogP contribution in [0.4, 0.5) is 20.2 Å². The van der Waals surface area contributed by atoms with Gasteiger partial charge in [-0.2, -0.15) is 0 Å². The Hall–Kier alpha value is -2.50. The molecule has 0 unspecified atom stereocenters. The van der Waals surface area contributed by atoms with Gasteiger partial charge in [-0.3, -0.25) is 10.1 Å². The summed E-state index contributed by atoms with van der Waals surface area (Å²) in [5.74, 6) is -1.21. The average molecular weight is 304 g/mol. The average Bonchev–Trinajstić information content (AvgIpc) is 2.47. The first-order chi connectivity index (χ1) is 10.6. The fourth-order valence-corrected chi connectivity index (χ4v) is 2.92. The molecule has 114 valence electrons. The highest BCUT2D eigenvalue weighted by Crippen LogP contribution is 2.33. The molecule has 0 fully saturated rings. The molecule has 0 spiro atoms. The quantitative estimate of drug-likeness (QED) is 0.639. The molecule has 22 heavy (non-hydrogen) atoms. The molecule has 2 aromatic carbocycles. The lowest BCUT2D eigenvalue weighted by Crippen LogP contribution is -2.30. The van der Waals surface area contributed by atoms with E-state index in [2.05, 4.69) is 0 Å². The number of hydrogen-bond donors (Lipinski definition) is 0. The maximum Gasteiger partial charge on any atom is 0.274 e. The molecule has 0 amide bonds. The van der Waals surface area contributed by atoms with E-state index < -0.39 is 16.6 Å². The molecule has 3 rings (SSSR count). The maximum absolute atomic E-state index is 14.1. The van der Waals surface area contributed by atoms with Gasteiger partial charge in [0.05, 0.1) is 10.6 Å². The van der Waals surface area contributed by atoms with Gasteiger partial charge < -0.3 is 4.90 Å². The molecular formula is C16H14F2N2O2. The molecule has 1 heterocycles. The minimum Gasteiger partial charge on any atom is -0.364 e. The summed E-state index contributed by atoms with van der Waals surface area (Å²) in [5.41, 5.74) is 1.49. The second-order valence-electron chi connectivity index (χ2n) is 5.31. The summed E-state index contributed by atoms with van der Waals surface area (Å²) in [5, 5.41) is 11.1. The van der Waals surface area contributed by atoms with Crippen molar-refractivity contribution in [1.82, 2.24) is 0 Å². The van der Waals surface area contributed by atoms with Crippen LogP contribution >= 0.6 is 0 Å². The third-order valence-corrected chi connectivity index (χ3v) is 3.85. The number of aryl methyl sites for hydroxylation is 1. The Labute approximate surface area is 126 Å². The van der Waals surface area contributed by atoms with Crippen LogP contribution in [0.25, 0.3) is 0 Å². The van der Waals surface area contributed by atoms with Crippen molar-refractivity contribution < 1.29 is 13.7 Å². The van der Waals surface area contributed by atoms with Crippen LogP contribution in [0.5, 0.6) is 0 Å². The molecule has 0 atom stereocenters. The lowest BCUT2D eigenvalue weighted by molar-refractivity contribution is -0.385. The second kappa shape index (κ2) is 5.71. The van der Waals surface area contributed by atoms with Crippen LogP contribution in [0.1, 0.15) is 17.5 Å². The molecule has 1 aliphatic rings. The molecule has 2 aromatic rings. The van der Waals surface area contributed by atoms with E-state index in [-0.39, 0.29) is 12.2 Å². The zero-order valence-electron chi connectivity index (χ0n) is 11.8. The number of nitrogens with zero attached hydrogens (tertiary/aromatic N) is 2. The van der Waals surface area contributed by atoms with Gasteiger partial charge in [0.2, 0.25) is 0 Å². The molecule has 1 aliphatic heterocycles. The van der Waals surface area contributed by atoms with E-state index in [1.807, 2.05) is 0 Å². The third kappa shape index (κ3) is 2.64. The molecule has 0 aliphatic carbocycles. The van der Waals surface area contributed by atoms with Crippen LogP contribution in [0.3, 0.4) is 0 Å². The minimum absolute atomic E-state index is 0.0112. The molecule has 0 radical (unpaired) electrons. The Morgan fingerprint density at radius 2 is 2.00 bits per heavy atom. The van der Waals surface area contributed by atoms with Crippen molar-refractivity contribution in [2.24, 2.45) is 0 Å². The number of rotatable bonds is 3. The first-order valence-corrected chi connectivity index (χ1v) is 7.01. The van der Waals surface area contributed by atoms with Crippen molar-refractivity contribution in [3.8, 4) is 0 Å². The monoisotopic (exact) mass is 304 g/mol. The number of anilines is 1. The van der Waals surface area contributed by atoms with E-state index in [4.69, 9.17) is 0 Å². The van der Waals surface area contributed by atoms with Crippen LogP contribution in [-0.4, -0.2) is 11.5 Å². The smallest absolute Gasteiger partial charge is 0.274 e. The Bertz CT molecular complexity index is 734. The highest BCUT2D eigenvalue weighted by molar-refractivity contribution is 5.58. The van der Waals surface area contributed by atoms with Crippen molar-refractivity contribution in [2.45, 2.75) is 19.4 Å². The van der Waals surface area contributed by atoms with E-state index in [0.29, 0.717) is 29.8 Å². The van der Waals surface area contributed by atoms with E-state index in [9.17, 15) is 18.9 Å². The number of halogens is 2. The van der Waals surface area contributed by atoms with Gasteiger partial charge in [0.15, 0.2) is 0 Å². The number of hydrogen-bond acceptors (Lipinski definition) is 3. The van der Waals surface area contributed by atoms with Gasteiger partial charge in [0.1, 0.15) is 11.6 Å². The van der Waals surface area contributed by atoms with Gasteiger partial charge >= 0.3 is 0 Å². The summed E-state index contributed by atoms with van der Waals surface area (Å²) in [6.45, 7) is 0.814. The first kappa shape index (κ1) is 14.4. The number of nitro benzene ring substituents is 1. The van der Waals surface area contributed by atoms with E-state index in [1.54, 1.807) is 23.1 Å². The zero-order chi connectivity index (χ0) is 15.7. The van der Waals surface area contributed by atoms with Crippen LogP contribution < -0.4 is 4.90 Å². The third-order valence-electron chi connectivity index (χ3n) is 3.85. The molecule has 4 nitrogen and oxygen atoms in total. The Kier molecular flexibility index (Phi) is 3.75. The zero-order valence-corrected chi connectivity index (χ0v) is 11.8. The molecule has 6 heteroatoms. The highest BCUT2D eigenvalue weighted by atomic mass is 19.1. The molecule has 0 saturated carbocycles. The van der Waals surface area contributed by atoms with Crippen molar-refractivity contribution in [3.63, 3.8) is 0 Å². The summed E-state index contributed by atoms with van der Waals surface area (Å²) in [7, 11) is 0. The van der Waals surface area contributed by atoms with Crippen molar-refractivity contribution in [3.05, 3.63) is 69.3 Å². The topological polar surface area (TPSA) is 46.4 Å². The lowest BCUT2D eigenvalue weighted by atomic mass is 10.00. The predicted molar refractivity (Wildman–Crippen MR) is 78.8 cm³/mol. The van der Waals surface area contributed by atoms with Crippen LogP contribution in [0.2, 0.25) is 0 Å². The van der Waals surface area contributed by atoms with Gasteiger partial charge in [0.25, 0.3) is 5.69 Å². The second-order valence-corrected chi connectivity index (χ2v) is 5.31. The molecule has 0 aromatic heterocycles. The fourth-order valence-electron chi connectivity index (χ4n) is 2.92. The summed E-state index contributed by atoms with van der Waals surface area (Å²) < 4.78 is 27.5. The molecule has 0 saturated heterocycles. The minimum atomic E-state index is -0.617. The van der Waals surface area contributed by atoms with Crippen LogP contribution in [0.15, 0.2) is 36.4 Å². The lowest BCUT2D eigenvalue weighted by Gasteiger charge is -2.31. The standard InChI is InChI=1S/C16H14F2N2O2/c17-13-8-11-5-3-7-19(16(11)14(18)9-13)10-12-4-1-2-6-15(12)20(21)22/h1-2,4,6,8-9H,3,5,7,10H2. The Balaban J connectivity index is 1.98. The van der Waals surface area contributed by atoms with Gasteiger partial charge in [-0.05, 0) is 24.5 Å². The number of nitro groups is 1. The Morgan fingerprint density at radius 3 is 2.77 bits per heavy atom. The summed E-state index contributed by atoms with van der Waals surface area (Å²) in [6, 6.07) is 8.60. The number of fused-ring (bicyclic) bond motifs is 1. The maximum atomic E-state index is 14.1. The number of para-hydroxylation sites is 1. The number of benzene rings is 2. The molecule has 0 N–H and O–H groups in total. The Morgan fingerprint density at radius 1 is 1.23 bits per heavy atom. The van der Waals surface area contributed by atoms with E-state index in [1.165, 1.54) is 12.1 Å². The van der Waals surface area contributed by atoms with Crippen LogP contribution in [0, 0.1) is 21.7 Å². The SMILES string of the molecule is O=[N+]([O-])c1ccccc1CN1CCCc2cc(F)cc(F)c21. The van der Waals surface area contributed by atoms with Gasteiger partial charge in [-0.15, -0.1) is 0 Å². The van der Waals surface area contributed by atoms with Crippen LogP contribution in [-0.2, 0) is 13.0 Å². The fraction of sp³-hybridized carbons (Fsp3) is 0.250. The molecule has 0 bridgehead atoms. The largest absolute Gasteiger partial charge is 0.364 e. The summed E-state index contributed by atoms with van der Waals surface area (Å²) in [6.07, 6.45) is 1.37. The summed E-state index contributed by atoms with van der Waals surface area (Å²) in [4.78, 5) is 12.4. The van der Waals surface area contributed by atoms with Crippen molar-refractivity contribution >= 4 is 11.4 Å². The first-order valence-electron chi connectivity index (χ1n) is 7.01. The highest BCUT2D eigenvalue weighted by Gasteiger charge is 2.24. The van der Waals surface area contributed by atoms with Gasteiger partial charge in [-0.25, -0.2) is 8.78 Å². The van der Waals surface area contributed by atoms with Gasteiger partial charge in [0, 0.05) is 30.8 Å². The normalized spacial score (nSPS) is 13.8. The molecular weight excluding hydrogens is 290 g/mol.